The van der Waals surface area contributed by atoms with E-state index >= 15 is 0 Å². The zero-order valence-corrected chi connectivity index (χ0v) is 13.6. The predicted molar refractivity (Wildman–Crippen MR) is 80.0 cm³/mol. The van der Waals surface area contributed by atoms with E-state index in [4.69, 9.17) is 4.42 Å². The summed E-state index contributed by atoms with van der Waals surface area (Å²) in [7, 11) is -2.60. The van der Waals surface area contributed by atoms with Crippen LogP contribution < -0.4 is 0 Å². The van der Waals surface area contributed by atoms with E-state index < -0.39 is 21.8 Å². The molecule has 1 aromatic heterocycles. The highest BCUT2D eigenvalue weighted by molar-refractivity contribution is 7.89. The Hall–Kier alpha value is -2.26. The van der Waals surface area contributed by atoms with E-state index in [0.29, 0.717) is 0 Å². The van der Waals surface area contributed by atoms with Crippen molar-refractivity contribution in [1.29, 1.82) is 0 Å². The number of halogens is 1. The molecule has 3 rings (SSSR count). The summed E-state index contributed by atoms with van der Waals surface area (Å²) in [6.45, 7) is -0.110. The Bertz CT molecular complexity index is 843. The van der Waals surface area contributed by atoms with Gasteiger partial charge in [0.05, 0.1) is 18.6 Å². The lowest BCUT2D eigenvalue weighted by Gasteiger charge is -2.20. The second kappa shape index (κ2) is 6.33. The average Bonchev–Trinajstić information content (AvgIpc) is 3.29. The van der Waals surface area contributed by atoms with Gasteiger partial charge in [-0.25, -0.2) is 22.6 Å². The molecule has 0 aliphatic heterocycles. The van der Waals surface area contributed by atoms with Crippen LogP contribution >= 0.6 is 0 Å². The highest BCUT2D eigenvalue weighted by Gasteiger charge is 2.39. The molecule has 2 aromatic rings. The van der Waals surface area contributed by atoms with Crippen molar-refractivity contribution in [2.24, 2.45) is 0 Å². The maximum Gasteiger partial charge on any atom is 0.360 e. The van der Waals surface area contributed by atoms with Crippen molar-refractivity contribution in [3.05, 3.63) is 47.9 Å². The van der Waals surface area contributed by atoms with Crippen LogP contribution in [0.5, 0.6) is 0 Å². The van der Waals surface area contributed by atoms with E-state index in [1.807, 2.05) is 0 Å². The summed E-state index contributed by atoms with van der Waals surface area (Å²) in [5.41, 5.74) is -0.0255. The lowest BCUT2D eigenvalue weighted by molar-refractivity contribution is 0.0594. The molecule has 1 heterocycles. The third-order valence-corrected chi connectivity index (χ3v) is 5.52. The van der Waals surface area contributed by atoms with Crippen molar-refractivity contribution >= 4 is 16.0 Å². The number of benzene rings is 1. The number of methoxy groups -OCH3 is 1. The molecule has 0 atom stereocenters. The van der Waals surface area contributed by atoms with Crippen molar-refractivity contribution in [3.8, 4) is 0 Å². The van der Waals surface area contributed by atoms with Crippen molar-refractivity contribution in [2.45, 2.75) is 30.3 Å². The van der Waals surface area contributed by atoms with Crippen LogP contribution in [0.3, 0.4) is 0 Å². The van der Waals surface area contributed by atoms with Crippen molar-refractivity contribution in [3.63, 3.8) is 0 Å². The molecule has 0 amide bonds. The molecule has 1 aromatic carbocycles. The van der Waals surface area contributed by atoms with Gasteiger partial charge in [0, 0.05) is 6.04 Å². The van der Waals surface area contributed by atoms with Gasteiger partial charge in [-0.1, -0.05) is 0 Å². The zero-order chi connectivity index (χ0) is 17.3. The molecule has 7 nitrogen and oxygen atoms in total. The van der Waals surface area contributed by atoms with Gasteiger partial charge < -0.3 is 9.15 Å². The Balaban J connectivity index is 1.86. The van der Waals surface area contributed by atoms with Crippen LogP contribution in [0.2, 0.25) is 0 Å². The molecule has 24 heavy (non-hydrogen) atoms. The number of hydrogen-bond donors (Lipinski definition) is 0. The quantitative estimate of drug-likeness (QED) is 0.737. The van der Waals surface area contributed by atoms with Gasteiger partial charge in [0.1, 0.15) is 12.1 Å². The topological polar surface area (TPSA) is 89.7 Å². The number of carbonyl (C=O) groups excluding carboxylic acids is 1. The van der Waals surface area contributed by atoms with Crippen LogP contribution in [-0.2, 0) is 21.3 Å². The van der Waals surface area contributed by atoms with Gasteiger partial charge in [-0.15, -0.1) is 0 Å². The van der Waals surface area contributed by atoms with Crippen LogP contribution in [0.15, 0.2) is 39.8 Å². The Morgan fingerprint density at radius 2 is 2.04 bits per heavy atom. The molecule has 0 bridgehead atoms. The van der Waals surface area contributed by atoms with Gasteiger partial charge in [0.25, 0.3) is 0 Å². The van der Waals surface area contributed by atoms with Crippen LogP contribution in [-0.4, -0.2) is 36.8 Å². The molecule has 1 aliphatic carbocycles. The van der Waals surface area contributed by atoms with E-state index in [1.54, 1.807) is 0 Å². The molecule has 128 valence electrons. The molecule has 0 radical (unpaired) electrons. The average molecular weight is 354 g/mol. The summed E-state index contributed by atoms with van der Waals surface area (Å²) in [5, 5.41) is 0. The smallest absolute Gasteiger partial charge is 0.360 e. The van der Waals surface area contributed by atoms with E-state index in [2.05, 4.69) is 9.72 Å². The molecule has 0 spiro atoms. The van der Waals surface area contributed by atoms with Gasteiger partial charge in [0.2, 0.25) is 15.9 Å². The van der Waals surface area contributed by atoms with E-state index in [0.717, 1.165) is 31.2 Å². The maximum atomic E-state index is 13.0. The first-order valence-corrected chi connectivity index (χ1v) is 8.66. The first-order valence-electron chi connectivity index (χ1n) is 7.22. The van der Waals surface area contributed by atoms with Gasteiger partial charge in [-0.3, -0.25) is 0 Å². The molecule has 0 unspecified atom stereocenters. The van der Waals surface area contributed by atoms with Crippen LogP contribution in [0.25, 0.3) is 0 Å². The van der Waals surface area contributed by atoms with Crippen molar-refractivity contribution < 1.29 is 26.8 Å². The Kier molecular flexibility index (Phi) is 4.37. The summed E-state index contributed by atoms with van der Waals surface area (Å²) in [6, 6.07) is 4.47. The zero-order valence-electron chi connectivity index (χ0n) is 12.8. The van der Waals surface area contributed by atoms with Gasteiger partial charge >= 0.3 is 5.97 Å². The predicted octanol–water partition coefficient (Wildman–Crippen LogP) is 1.95. The molecular weight excluding hydrogens is 339 g/mol. The summed E-state index contributed by atoms with van der Waals surface area (Å²) >= 11 is 0. The van der Waals surface area contributed by atoms with Crippen LogP contribution in [0.1, 0.15) is 29.2 Å². The summed E-state index contributed by atoms with van der Waals surface area (Å²) in [4.78, 5) is 15.3. The molecule has 0 saturated heterocycles. The van der Waals surface area contributed by atoms with Crippen LogP contribution in [0, 0.1) is 5.82 Å². The van der Waals surface area contributed by atoms with Crippen molar-refractivity contribution in [2.75, 3.05) is 7.11 Å². The van der Waals surface area contributed by atoms with Gasteiger partial charge in [-0.05, 0) is 37.1 Å². The number of carbonyl (C=O) groups is 1. The van der Waals surface area contributed by atoms with E-state index in [-0.39, 0.29) is 29.1 Å². The number of hydrogen-bond acceptors (Lipinski definition) is 6. The standard InChI is InChI=1S/C15H15FN2O5S/c1-22-15(19)13-9-23-14(17-13)8-18(11-4-5-11)24(20,21)12-6-2-10(16)3-7-12/h2-3,6-7,9,11H,4-5,8H2,1H3. The number of oxazole rings is 1. The number of sulfonamides is 1. The number of nitrogens with zero attached hydrogens (tertiary/aromatic N) is 2. The second-order valence-electron chi connectivity index (χ2n) is 5.35. The number of aromatic nitrogens is 1. The minimum atomic E-state index is -3.82. The molecule has 1 saturated carbocycles. The molecule has 1 aliphatic rings. The highest BCUT2D eigenvalue weighted by Crippen LogP contribution is 2.33. The number of ether oxygens (including phenoxy) is 1. The normalized spacial score (nSPS) is 14.8. The fourth-order valence-electron chi connectivity index (χ4n) is 2.23. The number of rotatable bonds is 6. The highest BCUT2D eigenvalue weighted by atomic mass is 32.2. The SMILES string of the molecule is COC(=O)c1coc(CN(C2CC2)S(=O)(=O)c2ccc(F)cc2)n1. The minimum Gasteiger partial charge on any atom is -0.464 e. The lowest BCUT2D eigenvalue weighted by Crippen LogP contribution is -2.32. The summed E-state index contributed by atoms with van der Waals surface area (Å²) < 4.78 is 49.5. The van der Waals surface area contributed by atoms with Gasteiger partial charge in [-0.2, -0.15) is 4.31 Å². The van der Waals surface area contributed by atoms with Crippen molar-refractivity contribution in [1.82, 2.24) is 9.29 Å². The van der Waals surface area contributed by atoms with Gasteiger partial charge in [0.15, 0.2) is 5.69 Å². The first kappa shape index (κ1) is 16.6. The largest absolute Gasteiger partial charge is 0.464 e. The molecule has 0 N–H and O–H groups in total. The van der Waals surface area contributed by atoms with E-state index in [1.165, 1.54) is 23.5 Å². The summed E-state index contributed by atoms with van der Waals surface area (Å²) in [6.07, 6.45) is 2.58. The van der Waals surface area contributed by atoms with Crippen LogP contribution in [0.4, 0.5) is 4.39 Å². The minimum absolute atomic E-state index is 0.00412. The maximum absolute atomic E-state index is 13.0. The lowest BCUT2D eigenvalue weighted by atomic mass is 10.4. The monoisotopic (exact) mass is 354 g/mol. The Morgan fingerprint density at radius 1 is 1.38 bits per heavy atom. The Morgan fingerprint density at radius 3 is 2.62 bits per heavy atom. The summed E-state index contributed by atoms with van der Waals surface area (Å²) in [5.74, 6) is -1.08. The number of esters is 1. The molecule has 9 heteroatoms. The Labute approximate surface area is 138 Å². The van der Waals surface area contributed by atoms with E-state index in [9.17, 15) is 17.6 Å². The molecule has 1 fully saturated rings. The fourth-order valence-corrected chi connectivity index (χ4v) is 3.86. The fraction of sp³-hybridized carbons (Fsp3) is 0.333. The second-order valence-corrected chi connectivity index (χ2v) is 7.24. The molecular formula is C15H15FN2O5S. The third-order valence-electron chi connectivity index (χ3n) is 3.61. The first-order chi connectivity index (χ1) is 11.4. The third kappa shape index (κ3) is 3.31.